The highest BCUT2D eigenvalue weighted by molar-refractivity contribution is 5.72. The van der Waals surface area contributed by atoms with Crippen LogP contribution in [0.15, 0.2) is 42.5 Å². The molecular weight excluding hydrogens is 212 g/mol. The highest BCUT2D eigenvalue weighted by Crippen LogP contribution is 2.14. The van der Waals surface area contributed by atoms with E-state index in [-0.39, 0.29) is 5.92 Å². The maximum absolute atomic E-state index is 11.0. The van der Waals surface area contributed by atoms with E-state index in [1.54, 1.807) is 0 Å². The lowest BCUT2D eigenvalue weighted by molar-refractivity contribution is -0.140. The van der Waals surface area contributed by atoms with E-state index in [1.165, 1.54) is 5.56 Å². The fourth-order valence-corrected chi connectivity index (χ4v) is 1.75. The zero-order valence-electron chi connectivity index (χ0n) is 10.5. The summed E-state index contributed by atoms with van der Waals surface area (Å²) in [6.07, 6.45) is 5.26. The van der Waals surface area contributed by atoms with Crippen LogP contribution in [0.25, 0.3) is 0 Å². The number of benzene rings is 1. The minimum absolute atomic E-state index is 0.362. The van der Waals surface area contributed by atoms with Gasteiger partial charge >= 0.3 is 5.97 Å². The molecular formula is C15H20O2. The minimum atomic E-state index is -0.733. The molecule has 0 saturated heterocycles. The molecule has 0 saturated carbocycles. The number of carbonyl (C=O) groups is 1. The summed E-state index contributed by atoms with van der Waals surface area (Å²) in [6, 6.07) is 10.1. The third-order valence-corrected chi connectivity index (χ3v) is 2.61. The molecule has 0 fully saturated rings. The summed E-state index contributed by atoms with van der Waals surface area (Å²) in [7, 11) is 0. The molecule has 1 rings (SSSR count). The topological polar surface area (TPSA) is 37.3 Å². The van der Waals surface area contributed by atoms with Crippen molar-refractivity contribution in [3.05, 3.63) is 48.0 Å². The predicted molar refractivity (Wildman–Crippen MR) is 69.9 cm³/mol. The lowest BCUT2D eigenvalue weighted by Gasteiger charge is -2.09. The van der Waals surface area contributed by atoms with Gasteiger partial charge in [0, 0.05) is 0 Å². The van der Waals surface area contributed by atoms with E-state index in [9.17, 15) is 4.79 Å². The van der Waals surface area contributed by atoms with E-state index in [1.807, 2.05) is 56.3 Å². The number of carboxylic acid groups (broad SMARTS) is 1. The summed E-state index contributed by atoms with van der Waals surface area (Å²) in [6.45, 7) is 4.09. The van der Waals surface area contributed by atoms with Crippen molar-refractivity contribution >= 4 is 5.97 Å². The van der Waals surface area contributed by atoms with Crippen LogP contribution in [-0.4, -0.2) is 11.1 Å². The Morgan fingerprint density at radius 3 is 2.47 bits per heavy atom. The summed E-state index contributed by atoms with van der Waals surface area (Å²) in [5.74, 6) is -0.695. The van der Waals surface area contributed by atoms with Crippen LogP contribution in [0.1, 0.15) is 25.8 Å². The molecule has 1 atom stereocenters. The van der Waals surface area contributed by atoms with Gasteiger partial charge in [-0.2, -0.15) is 0 Å². The summed E-state index contributed by atoms with van der Waals surface area (Å²) in [4.78, 5) is 11.0. The normalized spacial score (nSPS) is 13.1. The lowest BCUT2D eigenvalue weighted by Crippen LogP contribution is -2.13. The second-order valence-electron chi connectivity index (χ2n) is 4.69. The van der Waals surface area contributed by atoms with Gasteiger partial charge in [0.15, 0.2) is 0 Å². The van der Waals surface area contributed by atoms with Gasteiger partial charge in [0.1, 0.15) is 0 Å². The molecule has 17 heavy (non-hydrogen) atoms. The van der Waals surface area contributed by atoms with Crippen molar-refractivity contribution in [2.75, 3.05) is 0 Å². The van der Waals surface area contributed by atoms with Crippen LogP contribution in [0.2, 0.25) is 0 Å². The van der Waals surface area contributed by atoms with Gasteiger partial charge in [-0.25, -0.2) is 0 Å². The largest absolute Gasteiger partial charge is 0.481 e. The Hall–Kier alpha value is -1.57. The van der Waals surface area contributed by atoms with Gasteiger partial charge in [0.05, 0.1) is 5.92 Å². The van der Waals surface area contributed by atoms with E-state index >= 15 is 0 Å². The Balaban J connectivity index is 2.53. The van der Waals surface area contributed by atoms with Crippen LogP contribution >= 0.6 is 0 Å². The standard InChI is InChI=1S/C15H20O2/c1-12(2)11-14(15(16)17)10-6-9-13-7-4-3-5-8-13/h3-8,10,12,14H,9,11H2,1-2H3,(H,16,17)/t14-/m1/s1. The second kappa shape index (κ2) is 6.89. The summed E-state index contributed by atoms with van der Waals surface area (Å²) < 4.78 is 0. The van der Waals surface area contributed by atoms with Crippen molar-refractivity contribution in [1.29, 1.82) is 0 Å². The summed E-state index contributed by atoms with van der Waals surface area (Å²) >= 11 is 0. The number of rotatable bonds is 6. The van der Waals surface area contributed by atoms with E-state index in [0.29, 0.717) is 12.3 Å². The van der Waals surface area contributed by atoms with Crippen molar-refractivity contribution in [2.45, 2.75) is 26.7 Å². The third kappa shape index (κ3) is 5.34. The first-order valence-electron chi connectivity index (χ1n) is 6.03. The molecule has 0 aliphatic carbocycles. The zero-order chi connectivity index (χ0) is 12.7. The molecule has 0 unspecified atom stereocenters. The van der Waals surface area contributed by atoms with Crippen LogP contribution in [0.5, 0.6) is 0 Å². The Morgan fingerprint density at radius 2 is 1.94 bits per heavy atom. The molecule has 1 aromatic carbocycles. The van der Waals surface area contributed by atoms with Gasteiger partial charge in [-0.05, 0) is 24.3 Å². The highest BCUT2D eigenvalue weighted by atomic mass is 16.4. The Kier molecular flexibility index (Phi) is 5.47. The van der Waals surface area contributed by atoms with Gasteiger partial charge in [0.2, 0.25) is 0 Å². The lowest BCUT2D eigenvalue weighted by atomic mass is 9.96. The van der Waals surface area contributed by atoms with Crippen molar-refractivity contribution < 1.29 is 9.90 Å². The molecule has 1 N–H and O–H groups in total. The van der Waals surface area contributed by atoms with Crippen LogP contribution < -0.4 is 0 Å². The van der Waals surface area contributed by atoms with Crippen LogP contribution in [0, 0.1) is 11.8 Å². The van der Waals surface area contributed by atoms with E-state index in [2.05, 4.69) is 0 Å². The molecule has 0 heterocycles. The van der Waals surface area contributed by atoms with Crippen LogP contribution in [0.4, 0.5) is 0 Å². The van der Waals surface area contributed by atoms with Crippen LogP contribution in [0.3, 0.4) is 0 Å². The smallest absolute Gasteiger partial charge is 0.310 e. The van der Waals surface area contributed by atoms with Crippen molar-refractivity contribution in [3.63, 3.8) is 0 Å². The molecule has 1 aromatic rings. The van der Waals surface area contributed by atoms with Crippen LogP contribution in [-0.2, 0) is 11.2 Å². The molecule has 0 aliphatic heterocycles. The van der Waals surface area contributed by atoms with Gasteiger partial charge in [-0.1, -0.05) is 56.3 Å². The third-order valence-electron chi connectivity index (χ3n) is 2.61. The first-order valence-corrected chi connectivity index (χ1v) is 6.03. The molecule has 0 amide bonds. The SMILES string of the molecule is CC(C)C[C@@H](C=CCc1ccccc1)C(=O)O. The second-order valence-corrected chi connectivity index (χ2v) is 4.69. The Morgan fingerprint density at radius 1 is 1.29 bits per heavy atom. The average molecular weight is 232 g/mol. The number of hydrogen-bond acceptors (Lipinski definition) is 1. The molecule has 0 spiro atoms. The highest BCUT2D eigenvalue weighted by Gasteiger charge is 2.14. The predicted octanol–water partition coefficient (Wildman–Crippen LogP) is 3.53. The molecule has 92 valence electrons. The first kappa shape index (κ1) is 13.5. The molecule has 2 nitrogen and oxygen atoms in total. The maximum Gasteiger partial charge on any atom is 0.310 e. The minimum Gasteiger partial charge on any atom is -0.481 e. The van der Waals surface area contributed by atoms with Crippen molar-refractivity contribution in [2.24, 2.45) is 11.8 Å². The van der Waals surface area contributed by atoms with Gasteiger partial charge in [0.25, 0.3) is 0 Å². The molecule has 0 radical (unpaired) electrons. The monoisotopic (exact) mass is 232 g/mol. The summed E-state index contributed by atoms with van der Waals surface area (Å²) in [5, 5.41) is 9.07. The van der Waals surface area contributed by atoms with Gasteiger partial charge in [-0.15, -0.1) is 0 Å². The Labute approximate surface area is 103 Å². The zero-order valence-corrected chi connectivity index (χ0v) is 10.5. The number of allylic oxidation sites excluding steroid dienone is 1. The van der Waals surface area contributed by atoms with Crippen molar-refractivity contribution in [3.8, 4) is 0 Å². The Bertz CT molecular complexity index is 366. The molecule has 0 aromatic heterocycles. The average Bonchev–Trinajstić information content (AvgIpc) is 2.28. The fourth-order valence-electron chi connectivity index (χ4n) is 1.75. The molecule has 0 bridgehead atoms. The maximum atomic E-state index is 11.0. The van der Waals surface area contributed by atoms with Crippen molar-refractivity contribution in [1.82, 2.24) is 0 Å². The fraction of sp³-hybridized carbons (Fsp3) is 0.400. The van der Waals surface area contributed by atoms with E-state index < -0.39 is 5.97 Å². The number of carboxylic acids is 1. The number of hydrogen-bond donors (Lipinski definition) is 1. The quantitative estimate of drug-likeness (QED) is 0.762. The molecule has 2 heteroatoms. The number of aliphatic carboxylic acids is 1. The van der Waals surface area contributed by atoms with E-state index in [4.69, 9.17) is 5.11 Å². The first-order chi connectivity index (χ1) is 8.09. The van der Waals surface area contributed by atoms with Gasteiger partial charge in [-0.3, -0.25) is 4.79 Å². The van der Waals surface area contributed by atoms with Gasteiger partial charge < -0.3 is 5.11 Å². The summed E-state index contributed by atoms with van der Waals surface area (Å²) in [5.41, 5.74) is 1.21. The molecule has 0 aliphatic rings. The van der Waals surface area contributed by atoms with E-state index in [0.717, 1.165) is 6.42 Å².